The van der Waals surface area contributed by atoms with Gasteiger partial charge < -0.3 is 14.3 Å². The summed E-state index contributed by atoms with van der Waals surface area (Å²) in [6.45, 7) is 2.26. The van der Waals surface area contributed by atoms with Crippen LogP contribution in [0.5, 0.6) is 0 Å². The lowest BCUT2D eigenvalue weighted by Crippen LogP contribution is -2.27. The maximum atomic E-state index is 12.5. The molecule has 4 rings (SSSR count). The summed E-state index contributed by atoms with van der Waals surface area (Å²) in [6.07, 6.45) is 4.90. The molecule has 1 aromatic carbocycles. The normalized spacial score (nSPS) is 18.8. The molecular formula is C21H23ClN4O2S. The number of nitrogens with zero attached hydrogens (tertiary/aromatic N) is 3. The maximum absolute atomic E-state index is 12.5. The zero-order chi connectivity index (χ0) is 20.4. The number of carbonyl (C=O) groups is 1. The molecule has 6 nitrogen and oxygen atoms in total. The van der Waals surface area contributed by atoms with Crippen LogP contribution in [0.15, 0.2) is 45.8 Å². The van der Waals surface area contributed by atoms with Crippen LogP contribution >= 0.6 is 23.4 Å². The van der Waals surface area contributed by atoms with Gasteiger partial charge in [0.25, 0.3) is 5.91 Å². The van der Waals surface area contributed by atoms with E-state index in [-0.39, 0.29) is 10.6 Å². The Bertz CT molecular complexity index is 934. The molecule has 1 amide bonds. The van der Waals surface area contributed by atoms with Crippen LogP contribution < -0.4 is 0 Å². The molecule has 2 aliphatic heterocycles. The number of aromatic nitrogens is 1. The fourth-order valence-corrected chi connectivity index (χ4v) is 4.80. The zero-order valence-corrected chi connectivity index (χ0v) is 17.8. The number of benzene rings is 1. The van der Waals surface area contributed by atoms with Gasteiger partial charge in [-0.25, -0.2) is 0 Å². The van der Waals surface area contributed by atoms with Crippen LogP contribution in [0, 0.1) is 5.41 Å². The molecule has 0 radical (unpaired) electrons. The standard InChI is InChI=1S/C21H23ClN4O2S/c1-25(21(27)18-8-9-19(22)29-18)13-16-12-17(24-28-16)14-4-6-15(7-5-14)20(23)26-10-2-3-11-26/h4-8,12,19,23H,2-3,9-11,13H2,1H3. The molecule has 2 aliphatic rings. The fourth-order valence-electron chi connectivity index (χ4n) is 3.51. The van der Waals surface area contributed by atoms with Gasteiger partial charge in [-0.3, -0.25) is 10.2 Å². The third-order valence-corrected chi connectivity index (χ3v) is 6.62. The number of rotatable bonds is 5. The topological polar surface area (TPSA) is 73.4 Å². The lowest BCUT2D eigenvalue weighted by atomic mass is 10.1. The summed E-state index contributed by atoms with van der Waals surface area (Å²) in [4.78, 5) is 16.9. The SMILES string of the molecule is CN(Cc1cc(-c2ccc(C(=N)N3CCCC3)cc2)no1)C(=O)C1=CCC(Cl)S1. The van der Waals surface area contributed by atoms with E-state index in [1.807, 2.05) is 36.4 Å². The number of likely N-dealkylation sites (tertiary alicyclic amines) is 1. The van der Waals surface area contributed by atoms with E-state index in [4.69, 9.17) is 21.5 Å². The van der Waals surface area contributed by atoms with Crippen molar-refractivity contribution in [1.29, 1.82) is 5.41 Å². The van der Waals surface area contributed by atoms with E-state index in [2.05, 4.69) is 10.1 Å². The van der Waals surface area contributed by atoms with Crippen molar-refractivity contribution >= 4 is 35.1 Å². The van der Waals surface area contributed by atoms with Crippen molar-refractivity contribution < 1.29 is 9.32 Å². The fraction of sp³-hybridized carbons (Fsp3) is 0.381. The summed E-state index contributed by atoms with van der Waals surface area (Å²) in [7, 11) is 1.74. The van der Waals surface area contributed by atoms with Crippen molar-refractivity contribution in [1.82, 2.24) is 15.0 Å². The van der Waals surface area contributed by atoms with Crippen LogP contribution in [0.1, 0.15) is 30.6 Å². The molecule has 29 heavy (non-hydrogen) atoms. The molecule has 1 unspecified atom stereocenters. The number of thioether (sulfide) groups is 1. The van der Waals surface area contributed by atoms with Gasteiger partial charge in [-0.2, -0.15) is 0 Å². The molecule has 0 aliphatic carbocycles. The number of amides is 1. The molecule has 1 atom stereocenters. The number of halogens is 1. The van der Waals surface area contributed by atoms with Gasteiger partial charge in [-0.1, -0.05) is 35.5 Å². The zero-order valence-electron chi connectivity index (χ0n) is 16.2. The van der Waals surface area contributed by atoms with Crippen LogP contribution in [0.25, 0.3) is 11.3 Å². The number of amidine groups is 1. The minimum absolute atomic E-state index is 0.0547. The maximum Gasteiger partial charge on any atom is 0.260 e. The highest BCUT2D eigenvalue weighted by molar-refractivity contribution is 8.05. The number of carbonyl (C=O) groups excluding carboxylic acids is 1. The quantitative estimate of drug-likeness (QED) is 0.434. The highest BCUT2D eigenvalue weighted by Gasteiger charge is 2.24. The Kier molecular flexibility index (Phi) is 5.96. The molecule has 1 aromatic heterocycles. The van der Waals surface area contributed by atoms with Gasteiger partial charge in [0.1, 0.15) is 11.5 Å². The molecule has 1 N–H and O–H groups in total. The molecular weight excluding hydrogens is 408 g/mol. The van der Waals surface area contributed by atoms with Crippen LogP contribution in [0.3, 0.4) is 0 Å². The first-order valence-electron chi connectivity index (χ1n) is 9.67. The number of allylic oxidation sites excluding steroid dienone is 1. The Labute approximate surface area is 179 Å². The smallest absolute Gasteiger partial charge is 0.260 e. The second-order valence-electron chi connectivity index (χ2n) is 7.29. The van der Waals surface area contributed by atoms with Gasteiger partial charge in [-0.05, 0) is 19.3 Å². The number of likely N-dealkylation sites (N-methyl/N-ethyl adjacent to an activating group) is 1. The Morgan fingerprint density at radius 2 is 2.07 bits per heavy atom. The predicted molar refractivity (Wildman–Crippen MR) is 116 cm³/mol. The van der Waals surface area contributed by atoms with Crippen LogP contribution in [0.4, 0.5) is 0 Å². The molecule has 0 bridgehead atoms. The summed E-state index contributed by atoms with van der Waals surface area (Å²) in [6, 6.07) is 9.66. The second-order valence-corrected chi connectivity index (χ2v) is 9.32. The van der Waals surface area contributed by atoms with Gasteiger partial charge in [0.15, 0.2) is 5.76 Å². The summed E-state index contributed by atoms with van der Waals surface area (Å²) in [5, 5.41) is 12.5. The molecule has 1 saturated heterocycles. The van der Waals surface area contributed by atoms with Crippen LogP contribution in [0.2, 0.25) is 0 Å². The van der Waals surface area contributed by atoms with E-state index < -0.39 is 0 Å². The molecule has 1 fully saturated rings. The Hall–Kier alpha value is -2.25. The van der Waals surface area contributed by atoms with Crippen molar-refractivity contribution in [3.8, 4) is 11.3 Å². The van der Waals surface area contributed by atoms with Gasteiger partial charge in [0, 0.05) is 37.3 Å². The Morgan fingerprint density at radius 3 is 2.72 bits per heavy atom. The predicted octanol–water partition coefficient (Wildman–Crippen LogP) is 4.31. The summed E-state index contributed by atoms with van der Waals surface area (Å²) < 4.78 is 5.37. The first-order chi connectivity index (χ1) is 14.0. The van der Waals surface area contributed by atoms with E-state index in [1.165, 1.54) is 11.8 Å². The van der Waals surface area contributed by atoms with E-state index >= 15 is 0 Å². The van der Waals surface area contributed by atoms with E-state index in [0.29, 0.717) is 29.5 Å². The molecule has 0 saturated carbocycles. The third kappa shape index (κ3) is 4.51. The lowest BCUT2D eigenvalue weighted by Gasteiger charge is -2.18. The average Bonchev–Trinajstić information content (AvgIpc) is 3.49. The molecule has 3 heterocycles. The number of hydrogen-bond acceptors (Lipinski definition) is 5. The van der Waals surface area contributed by atoms with Gasteiger partial charge in [-0.15, -0.1) is 23.4 Å². The minimum Gasteiger partial charge on any atom is -0.359 e. The van der Waals surface area contributed by atoms with E-state index in [9.17, 15) is 4.79 Å². The lowest BCUT2D eigenvalue weighted by molar-refractivity contribution is -0.125. The third-order valence-electron chi connectivity index (χ3n) is 5.13. The second kappa shape index (κ2) is 8.63. The number of hydrogen-bond donors (Lipinski definition) is 1. The Balaban J connectivity index is 1.39. The highest BCUT2D eigenvalue weighted by Crippen LogP contribution is 2.35. The average molecular weight is 431 g/mol. The van der Waals surface area contributed by atoms with Crippen molar-refractivity contribution in [2.45, 2.75) is 30.5 Å². The molecule has 152 valence electrons. The van der Waals surface area contributed by atoms with Gasteiger partial charge >= 0.3 is 0 Å². The number of nitrogens with one attached hydrogen (secondary N) is 1. The minimum atomic E-state index is -0.0610. The van der Waals surface area contributed by atoms with Gasteiger partial charge in [0.05, 0.1) is 16.2 Å². The monoisotopic (exact) mass is 430 g/mol. The first-order valence-corrected chi connectivity index (χ1v) is 11.0. The highest BCUT2D eigenvalue weighted by atomic mass is 35.5. The Morgan fingerprint density at radius 1 is 1.34 bits per heavy atom. The number of alkyl halides is 1. The van der Waals surface area contributed by atoms with Crippen molar-refractivity contribution in [3.63, 3.8) is 0 Å². The first kappa shape index (κ1) is 20.0. The summed E-state index contributed by atoms with van der Waals surface area (Å²) >= 11 is 7.45. The summed E-state index contributed by atoms with van der Waals surface area (Å²) in [5.74, 6) is 1.14. The van der Waals surface area contributed by atoms with Crippen molar-refractivity contribution in [2.75, 3.05) is 20.1 Å². The molecule has 0 spiro atoms. The molecule has 2 aromatic rings. The van der Waals surface area contributed by atoms with Crippen molar-refractivity contribution in [2.24, 2.45) is 0 Å². The summed E-state index contributed by atoms with van der Waals surface area (Å²) in [5.41, 5.74) is 2.55. The largest absolute Gasteiger partial charge is 0.359 e. The van der Waals surface area contributed by atoms with Crippen LogP contribution in [-0.2, 0) is 11.3 Å². The molecule has 8 heteroatoms. The van der Waals surface area contributed by atoms with Crippen molar-refractivity contribution in [3.05, 3.63) is 52.6 Å². The van der Waals surface area contributed by atoms with Crippen LogP contribution in [-0.4, -0.2) is 51.5 Å². The van der Waals surface area contributed by atoms with E-state index in [1.54, 1.807) is 11.9 Å². The van der Waals surface area contributed by atoms with E-state index in [0.717, 1.165) is 42.8 Å². The van der Waals surface area contributed by atoms with Gasteiger partial charge in [0.2, 0.25) is 0 Å².